The second kappa shape index (κ2) is 26.7. The summed E-state index contributed by atoms with van der Waals surface area (Å²) in [6.07, 6.45) is 15.0. The van der Waals surface area contributed by atoms with Crippen molar-refractivity contribution in [2.24, 2.45) is 16.6 Å². The van der Waals surface area contributed by atoms with Crippen LogP contribution in [0.1, 0.15) is 89.6 Å². The zero-order valence-electron chi connectivity index (χ0n) is 29.2. The summed E-state index contributed by atoms with van der Waals surface area (Å²) in [5.74, 6) is 0.485. The van der Waals surface area contributed by atoms with Crippen LogP contribution in [0.4, 0.5) is 0 Å². The molecule has 2 heteroatoms. The molecule has 0 aliphatic rings. The van der Waals surface area contributed by atoms with Gasteiger partial charge in [-0.1, -0.05) is 125 Å². The molecule has 2 nitrogen and oxygen atoms in total. The van der Waals surface area contributed by atoms with Gasteiger partial charge in [-0.15, -0.1) is 19.4 Å². The molecular formula is C42H60N2. The third-order valence-corrected chi connectivity index (χ3v) is 7.10. The Morgan fingerprint density at radius 2 is 1.36 bits per heavy atom. The summed E-state index contributed by atoms with van der Waals surface area (Å²) in [4.78, 5) is 4.69. The number of nitrogens with two attached hydrogens (primary N) is 1. The van der Waals surface area contributed by atoms with Crippen LogP contribution in [0.3, 0.4) is 0 Å². The Labute approximate surface area is 271 Å². The quantitative estimate of drug-likeness (QED) is 0.142. The fraction of sp³-hybridized carbons (Fsp3) is 0.357. The molecule has 0 radical (unpaired) electrons. The number of benzene rings is 3. The molecule has 0 aliphatic heterocycles. The molecule has 3 rings (SSSR count). The van der Waals surface area contributed by atoms with Crippen molar-refractivity contribution in [1.29, 1.82) is 0 Å². The van der Waals surface area contributed by atoms with Gasteiger partial charge in [-0.05, 0) is 98.8 Å². The summed E-state index contributed by atoms with van der Waals surface area (Å²) in [7, 11) is 0. The first-order chi connectivity index (χ1) is 21.1. The highest BCUT2D eigenvalue weighted by Gasteiger charge is 2.13. The smallest absolute Gasteiger partial charge is 0.0500 e. The van der Waals surface area contributed by atoms with E-state index in [0.717, 1.165) is 19.3 Å². The van der Waals surface area contributed by atoms with Gasteiger partial charge in [0.15, 0.2) is 0 Å². The van der Waals surface area contributed by atoms with Crippen LogP contribution in [0.2, 0.25) is 0 Å². The first-order valence-corrected chi connectivity index (χ1v) is 15.8. The van der Waals surface area contributed by atoms with Gasteiger partial charge >= 0.3 is 0 Å². The molecule has 0 fully saturated rings. The van der Waals surface area contributed by atoms with Crippen molar-refractivity contribution in [3.8, 4) is 12.8 Å². The second-order valence-corrected chi connectivity index (χ2v) is 10.7. The van der Waals surface area contributed by atoms with Crippen molar-refractivity contribution in [3.05, 3.63) is 137 Å². The van der Waals surface area contributed by atoms with Gasteiger partial charge in [0.2, 0.25) is 0 Å². The maximum atomic E-state index is 5.44. The van der Waals surface area contributed by atoms with Crippen molar-refractivity contribution < 1.29 is 0 Å². The Morgan fingerprint density at radius 3 is 1.84 bits per heavy atom. The summed E-state index contributed by atoms with van der Waals surface area (Å²) in [5, 5.41) is 0. The number of allylic oxidation sites excluding steroid dienone is 4. The lowest BCUT2D eigenvalue weighted by Crippen LogP contribution is -2.12. The van der Waals surface area contributed by atoms with Crippen LogP contribution in [0.5, 0.6) is 0 Å². The summed E-state index contributed by atoms with van der Waals surface area (Å²) < 4.78 is 0. The van der Waals surface area contributed by atoms with Crippen LogP contribution in [0.15, 0.2) is 114 Å². The van der Waals surface area contributed by atoms with Gasteiger partial charge in [0.1, 0.15) is 0 Å². The predicted octanol–water partition coefficient (Wildman–Crippen LogP) is 11.2. The standard InChI is InChI=1S/C20H29N.C9H13N.C9H10.C2H6.C2H2/c1-14(2)18(6)13-21-19(7)16(4)12-17(5)20-11-9-8-10-15(20)3;1-2-8-3-5-9(7-10)6-4-8;1-2-6-9-7-4-3-5-8-9;2*1-2/h8-11,13,16,19H,5,12H2,1-4,6-7H3;3-6H,2,7,10H2,1H3;2-5,7-8H,1,6H2;1-2H3;1-2H. The molecule has 0 saturated heterocycles. The average molecular weight is 593 g/mol. The van der Waals surface area contributed by atoms with Gasteiger partial charge in [-0.3, -0.25) is 4.99 Å². The summed E-state index contributed by atoms with van der Waals surface area (Å²) in [5.41, 5.74) is 15.7. The van der Waals surface area contributed by atoms with Gasteiger partial charge in [-0.25, -0.2) is 0 Å². The molecule has 0 spiro atoms. The van der Waals surface area contributed by atoms with E-state index >= 15 is 0 Å². The molecule has 0 aromatic heterocycles. The maximum Gasteiger partial charge on any atom is 0.0500 e. The molecule has 0 aliphatic carbocycles. The highest BCUT2D eigenvalue weighted by atomic mass is 14.8. The first kappa shape index (κ1) is 42.2. The largest absolute Gasteiger partial charge is 0.326 e. The van der Waals surface area contributed by atoms with E-state index in [2.05, 4.69) is 135 Å². The van der Waals surface area contributed by atoms with E-state index in [-0.39, 0.29) is 0 Å². The summed E-state index contributed by atoms with van der Waals surface area (Å²) in [6, 6.07) is 27.5. The van der Waals surface area contributed by atoms with E-state index in [0.29, 0.717) is 18.5 Å². The number of aryl methyl sites for hydroxylation is 2. The molecule has 0 amide bonds. The van der Waals surface area contributed by atoms with Gasteiger partial charge in [-0.2, -0.15) is 0 Å². The topological polar surface area (TPSA) is 38.4 Å². The number of terminal acetylenes is 1. The minimum atomic E-state index is 0.306. The Kier molecular flexibility index (Phi) is 25.6. The molecule has 3 aromatic rings. The molecule has 0 bridgehead atoms. The molecule has 0 heterocycles. The monoisotopic (exact) mass is 592 g/mol. The Morgan fingerprint density at radius 1 is 0.841 bits per heavy atom. The third-order valence-electron chi connectivity index (χ3n) is 7.10. The first-order valence-electron chi connectivity index (χ1n) is 15.8. The minimum absolute atomic E-state index is 0.306. The third kappa shape index (κ3) is 18.6. The minimum Gasteiger partial charge on any atom is -0.326 e. The normalized spacial score (nSPS) is 10.9. The second-order valence-electron chi connectivity index (χ2n) is 10.7. The molecule has 2 atom stereocenters. The van der Waals surface area contributed by atoms with E-state index < -0.39 is 0 Å². The number of hydrogen-bond donors (Lipinski definition) is 1. The molecule has 0 saturated carbocycles. The predicted molar refractivity (Wildman–Crippen MR) is 201 cm³/mol. The zero-order chi connectivity index (χ0) is 33.9. The number of hydrogen-bond acceptors (Lipinski definition) is 2. The van der Waals surface area contributed by atoms with Crippen LogP contribution in [0.25, 0.3) is 5.57 Å². The fourth-order valence-electron chi connectivity index (χ4n) is 3.84. The molecule has 2 N–H and O–H groups in total. The average Bonchev–Trinajstić information content (AvgIpc) is 3.06. The SMILES string of the molecule is C#C.C=C(CC(C)C(C)N=CC(C)=C(C)C)c1ccccc1C.C=CCc1ccccc1.CC.CCc1ccc(CN)cc1. The van der Waals surface area contributed by atoms with Crippen LogP contribution in [-0.2, 0) is 19.4 Å². The van der Waals surface area contributed by atoms with Crippen LogP contribution < -0.4 is 5.73 Å². The summed E-state index contributed by atoms with van der Waals surface area (Å²) >= 11 is 0. The van der Waals surface area contributed by atoms with Crippen molar-refractivity contribution in [1.82, 2.24) is 0 Å². The van der Waals surface area contributed by atoms with Crippen molar-refractivity contribution in [3.63, 3.8) is 0 Å². The van der Waals surface area contributed by atoms with Crippen molar-refractivity contribution >= 4 is 11.8 Å². The van der Waals surface area contributed by atoms with E-state index in [1.165, 1.54) is 44.5 Å². The van der Waals surface area contributed by atoms with Gasteiger partial charge in [0.05, 0.1) is 0 Å². The number of nitrogens with zero attached hydrogens (tertiary/aromatic N) is 1. The van der Waals surface area contributed by atoms with Gasteiger partial charge < -0.3 is 5.73 Å². The van der Waals surface area contributed by atoms with Crippen LogP contribution in [0, 0.1) is 25.7 Å². The van der Waals surface area contributed by atoms with Gasteiger partial charge in [0.25, 0.3) is 0 Å². The lowest BCUT2D eigenvalue weighted by Gasteiger charge is -2.18. The Hall–Kier alpha value is -3.93. The van der Waals surface area contributed by atoms with E-state index in [1.807, 2.05) is 44.3 Å². The lowest BCUT2D eigenvalue weighted by atomic mass is 9.90. The Bertz CT molecular complexity index is 1220. The highest BCUT2D eigenvalue weighted by molar-refractivity contribution is 5.78. The van der Waals surface area contributed by atoms with Crippen molar-refractivity contribution in [2.45, 2.75) is 94.2 Å². The summed E-state index contributed by atoms with van der Waals surface area (Å²) in [6.45, 7) is 27.7. The maximum absolute atomic E-state index is 5.44. The fourth-order valence-corrected chi connectivity index (χ4v) is 3.84. The highest BCUT2D eigenvalue weighted by Crippen LogP contribution is 2.26. The van der Waals surface area contributed by atoms with Crippen LogP contribution >= 0.6 is 0 Å². The molecule has 3 aromatic carbocycles. The van der Waals surface area contributed by atoms with E-state index in [4.69, 9.17) is 10.7 Å². The lowest BCUT2D eigenvalue weighted by molar-refractivity contribution is 0.499. The van der Waals surface area contributed by atoms with E-state index in [1.54, 1.807) is 0 Å². The number of rotatable bonds is 10. The molecule has 44 heavy (non-hydrogen) atoms. The zero-order valence-corrected chi connectivity index (χ0v) is 29.2. The Balaban J connectivity index is 0. The van der Waals surface area contributed by atoms with E-state index in [9.17, 15) is 0 Å². The molecule has 2 unspecified atom stereocenters. The van der Waals surface area contributed by atoms with Crippen molar-refractivity contribution in [2.75, 3.05) is 0 Å². The van der Waals surface area contributed by atoms with Crippen LogP contribution in [-0.4, -0.2) is 12.3 Å². The molecular weight excluding hydrogens is 532 g/mol. The number of aliphatic imine (C=N–C) groups is 1. The van der Waals surface area contributed by atoms with Gasteiger partial charge in [0, 0.05) is 18.8 Å². The molecule has 238 valence electrons.